The molecular formula is C16H13ClN2O3. The van der Waals surface area contributed by atoms with Crippen LogP contribution in [0.4, 0.5) is 11.4 Å². The van der Waals surface area contributed by atoms with E-state index in [1.807, 2.05) is 18.2 Å². The molecule has 112 valence electrons. The molecule has 0 aromatic heterocycles. The number of hydrogen-bond acceptors (Lipinski definition) is 3. The summed E-state index contributed by atoms with van der Waals surface area (Å²) in [6.45, 7) is 1.90. The van der Waals surface area contributed by atoms with Crippen molar-refractivity contribution in [1.29, 1.82) is 0 Å². The molecule has 0 aliphatic carbocycles. The summed E-state index contributed by atoms with van der Waals surface area (Å²) in [5.41, 5.74) is 2.84. The van der Waals surface area contributed by atoms with E-state index in [2.05, 4.69) is 0 Å². The summed E-state index contributed by atoms with van der Waals surface area (Å²) in [7, 11) is 0. The van der Waals surface area contributed by atoms with Gasteiger partial charge in [0.25, 0.3) is 5.69 Å². The second-order valence-electron chi connectivity index (χ2n) is 5.19. The second-order valence-corrected chi connectivity index (χ2v) is 5.62. The molecule has 1 amide bonds. The number of nitrogens with zero attached hydrogens (tertiary/aromatic N) is 2. The number of hydrogen-bond donors (Lipinski definition) is 0. The van der Waals surface area contributed by atoms with E-state index >= 15 is 0 Å². The lowest BCUT2D eigenvalue weighted by Crippen LogP contribution is -2.26. The van der Waals surface area contributed by atoms with Crippen LogP contribution in [0.1, 0.15) is 12.5 Å². The largest absolute Gasteiger partial charge is 0.306 e. The molecule has 1 aliphatic heterocycles. The normalized spacial score (nSPS) is 13.1. The summed E-state index contributed by atoms with van der Waals surface area (Å²) in [6, 6.07) is 10.6. The van der Waals surface area contributed by atoms with Gasteiger partial charge >= 0.3 is 0 Å². The standard InChI is InChI=1S/C16H13ClN2O3/c1-10(20)18-7-6-12-8-13(9-15(16(12)18)19(21)22)11-2-4-14(17)5-3-11/h2-5,8-9H,6-7H2,1H3. The van der Waals surface area contributed by atoms with Gasteiger partial charge in [-0.3, -0.25) is 14.9 Å². The number of halogens is 1. The molecule has 5 nitrogen and oxygen atoms in total. The van der Waals surface area contributed by atoms with Gasteiger partial charge in [0.2, 0.25) is 5.91 Å². The van der Waals surface area contributed by atoms with Crippen LogP contribution in [0.5, 0.6) is 0 Å². The van der Waals surface area contributed by atoms with Crippen LogP contribution in [0.2, 0.25) is 5.02 Å². The Morgan fingerprint density at radius 2 is 1.91 bits per heavy atom. The van der Waals surface area contributed by atoms with Crippen LogP contribution < -0.4 is 4.90 Å². The van der Waals surface area contributed by atoms with Gasteiger partial charge in [-0.05, 0) is 41.3 Å². The van der Waals surface area contributed by atoms with E-state index in [4.69, 9.17) is 11.6 Å². The molecule has 1 aliphatic rings. The van der Waals surface area contributed by atoms with Crippen LogP contribution in [0.3, 0.4) is 0 Å². The van der Waals surface area contributed by atoms with E-state index in [0.717, 1.165) is 16.7 Å². The van der Waals surface area contributed by atoms with Gasteiger partial charge in [0, 0.05) is 24.6 Å². The Morgan fingerprint density at radius 1 is 1.23 bits per heavy atom. The topological polar surface area (TPSA) is 63.5 Å². The SMILES string of the molecule is CC(=O)N1CCc2cc(-c3ccc(Cl)cc3)cc([N+](=O)[O-])c21. The smallest absolute Gasteiger partial charge is 0.293 e. The molecule has 22 heavy (non-hydrogen) atoms. The Labute approximate surface area is 132 Å². The van der Waals surface area contributed by atoms with Crippen molar-refractivity contribution < 1.29 is 9.72 Å². The first-order valence-corrected chi connectivity index (χ1v) is 7.20. The highest BCUT2D eigenvalue weighted by molar-refractivity contribution is 6.30. The van der Waals surface area contributed by atoms with Crippen molar-refractivity contribution in [2.75, 3.05) is 11.4 Å². The highest BCUT2D eigenvalue weighted by atomic mass is 35.5. The molecule has 0 atom stereocenters. The van der Waals surface area contributed by atoms with Crippen LogP contribution in [0.15, 0.2) is 36.4 Å². The van der Waals surface area contributed by atoms with Gasteiger partial charge in [-0.25, -0.2) is 0 Å². The maximum Gasteiger partial charge on any atom is 0.293 e. The molecular weight excluding hydrogens is 304 g/mol. The van der Waals surface area contributed by atoms with Crippen LogP contribution in [-0.2, 0) is 11.2 Å². The molecule has 0 saturated carbocycles. The lowest BCUT2D eigenvalue weighted by Gasteiger charge is -2.15. The number of amides is 1. The van der Waals surface area contributed by atoms with Crippen molar-refractivity contribution in [1.82, 2.24) is 0 Å². The van der Waals surface area contributed by atoms with E-state index in [0.29, 0.717) is 23.7 Å². The van der Waals surface area contributed by atoms with E-state index in [9.17, 15) is 14.9 Å². The minimum Gasteiger partial charge on any atom is -0.306 e. The van der Waals surface area contributed by atoms with E-state index in [-0.39, 0.29) is 11.6 Å². The van der Waals surface area contributed by atoms with Gasteiger partial charge in [-0.1, -0.05) is 23.7 Å². The summed E-state index contributed by atoms with van der Waals surface area (Å²) < 4.78 is 0. The molecule has 0 spiro atoms. The lowest BCUT2D eigenvalue weighted by molar-refractivity contribution is -0.384. The van der Waals surface area contributed by atoms with Crippen molar-refractivity contribution in [3.8, 4) is 11.1 Å². The third-order valence-electron chi connectivity index (χ3n) is 3.80. The Kier molecular flexibility index (Phi) is 3.58. The maximum absolute atomic E-state index is 11.7. The molecule has 0 bridgehead atoms. The maximum atomic E-state index is 11.7. The molecule has 0 saturated heterocycles. The molecule has 6 heteroatoms. The first kappa shape index (κ1) is 14.5. The molecule has 3 rings (SSSR count). The van der Waals surface area contributed by atoms with Crippen LogP contribution in [0.25, 0.3) is 11.1 Å². The average molecular weight is 317 g/mol. The molecule has 0 radical (unpaired) electrons. The lowest BCUT2D eigenvalue weighted by atomic mass is 10.0. The van der Waals surface area contributed by atoms with Crippen LogP contribution in [0, 0.1) is 10.1 Å². The Morgan fingerprint density at radius 3 is 2.50 bits per heavy atom. The third kappa shape index (κ3) is 2.44. The van der Waals surface area contributed by atoms with Crippen molar-refractivity contribution in [2.45, 2.75) is 13.3 Å². The Balaban J connectivity index is 2.17. The first-order chi connectivity index (χ1) is 10.5. The number of rotatable bonds is 2. The minimum absolute atomic E-state index is 0.0323. The van der Waals surface area contributed by atoms with Gasteiger partial charge in [0.1, 0.15) is 5.69 Å². The number of carbonyl (C=O) groups excluding carboxylic acids is 1. The Bertz CT molecular complexity index is 772. The van der Waals surface area contributed by atoms with Gasteiger partial charge in [0.05, 0.1) is 4.92 Å². The molecule has 2 aromatic rings. The summed E-state index contributed by atoms with van der Waals surface area (Å²) in [6.07, 6.45) is 0.622. The predicted molar refractivity (Wildman–Crippen MR) is 85.3 cm³/mol. The zero-order chi connectivity index (χ0) is 15.9. The van der Waals surface area contributed by atoms with Crippen molar-refractivity contribution in [2.24, 2.45) is 0 Å². The zero-order valence-corrected chi connectivity index (χ0v) is 12.6. The highest BCUT2D eigenvalue weighted by Crippen LogP contribution is 2.40. The van der Waals surface area contributed by atoms with Gasteiger partial charge in [-0.2, -0.15) is 0 Å². The van der Waals surface area contributed by atoms with Gasteiger partial charge in [0.15, 0.2) is 0 Å². The Hall–Kier alpha value is -2.40. The number of nitro benzene ring substituents is 1. The van der Waals surface area contributed by atoms with E-state index in [1.165, 1.54) is 17.9 Å². The number of anilines is 1. The van der Waals surface area contributed by atoms with E-state index in [1.54, 1.807) is 12.1 Å². The quantitative estimate of drug-likeness (QED) is 0.625. The molecule has 0 N–H and O–H groups in total. The van der Waals surface area contributed by atoms with Crippen molar-refractivity contribution in [3.63, 3.8) is 0 Å². The number of nitro groups is 1. The first-order valence-electron chi connectivity index (χ1n) is 6.82. The summed E-state index contributed by atoms with van der Waals surface area (Å²) in [5, 5.41) is 12.0. The number of fused-ring (bicyclic) bond motifs is 1. The van der Waals surface area contributed by atoms with Crippen molar-refractivity contribution >= 4 is 28.9 Å². The molecule has 0 fully saturated rings. The summed E-state index contributed by atoms with van der Waals surface area (Å²) in [4.78, 5) is 24.1. The highest BCUT2D eigenvalue weighted by Gasteiger charge is 2.31. The third-order valence-corrected chi connectivity index (χ3v) is 4.05. The second kappa shape index (κ2) is 5.42. The summed E-state index contributed by atoms with van der Waals surface area (Å²) in [5.74, 6) is -0.180. The fourth-order valence-corrected chi connectivity index (χ4v) is 2.91. The van der Waals surface area contributed by atoms with Gasteiger partial charge in [-0.15, -0.1) is 0 Å². The summed E-state index contributed by atoms with van der Waals surface area (Å²) >= 11 is 5.88. The van der Waals surface area contributed by atoms with Crippen LogP contribution >= 0.6 is 11.6 Å². The number of benzene rings is 2. The predicted octanol–water partition coefficient (Wildman–Crippen LogP) is 3.82. The van der Waals surface area contributed by atoms with Crippen LogP contribution in [-0.4, -0.2) is 17.4 Å². The number of carbonyl (C=O) groups is 1. The molecule has 1 heterocycles. The van der Waals surface area contributed by atoms with E-state index < -0.39 is 4.92 Å². The van der Waals surface area contributed by atoms with Crippen molar-refractivity contribution in [3.05, 3.63) is 57.1 Å². The van der Waals surface area contributed by atoms with Gasteiger partial charge < -0.3 is 4.90 Å². The fraction of sp³-hybridized carbons (Fsp3) is 0.188. The zero-order valence-electron chi connectivity index (χ0n) is 11.9. The minimum atomic E-state index is -0.431. The average Bonchev–Trinajstić information content (AvgIpc) is 2.90. The fourth-order valence-electron chi connectivity index (χ4n) is 2.79. The molecule has 2 aromatic carbocycles. The monoisotopic (exact) mass is 316 g/mol. The molecule has 0 unspecified atom stereocenters.